The first-order chi connectivity index (χ1) is 13.7. The lowest BCUT2D eigenvalue weighted by Crippen LogP contribution is -2.36. The quantitative estimate of drug-likeness (QED) is 0.548. The molecule has 1 aromatic heterocycles. The minimum Gasteiger partial charge on any atom is -0.377 e. The van der Waals surface area contributed by atoms with Gasteiger partial charge in [0.25, 0.3) is 0 Å². The molecular weight excluding hydrogens is 340 g/mol. The van der Waals surface area contributed by atoms with Gasteiger partial charge in [-0.1, -0.05) is 54.6 Å². The van der Waals surface area contributed by atoms with Gasteiger partial charge in [-0.15, -0.1) is 0 Å². The lowest BCUT2D eigenvalue weighted by Gasteiger charge is -2.25. The Morgan fingerprint density at radius 3 is 2.46 bits per heavy atom. The third kappa shape index (κ3) is 3.38. The standard InChI is InChI=1S/C26H27N2/c1-4-28-22(18-16-21-10-5-8-15-25(21)28)12-9-11-20-17-19-26(27(2)3)24-14-7-6-13-23(20)24/h5-16,18-19H,4,17H2,1-3H3/q+1. The average molecular weight is 368 g/mol. The molecule has 2 aromatic carbocycles. The van der Waals surface area contributed by atoms with Crippen LogP contribution in [0.3, 0.4) is 0 Å². The van der Waals surface area contributed by atoms with Crippen LogP contribution in [0.2, 0.25) is 0 Å². The van der Waals surface area contributed by atoms with E-state index in [9.17, 15) is 0 Å². The number of aryl methyl sites for hydroxylation is 1. The predicted molar refractivity (Wildman–Crippen MR) is 120 cm³/mol. The number of nitrogens with zero attached hydrogens (tertiary/aromatic N) is 2. The Morgan fingerprint density at radius 2 is 1.68 bits per heavy atom. The zero-order chi connectivity index (χ0) is 19.5. The first kappa shape index (κ1) is 18.2. The summed E-state index contributed by atoms with van der Waals surface area (Å²) in [6.45, 7) is 3.16. The molecule has 3 aromatic rings. The number of benzene rings is 2. The van der Waals surface area contributed by atoms with Crippen LogP contribution < -0.4 is 4.57 Å². The Balaban J connectivity index is 1.69. The van der Waals surface area contributed by atoms with Crippen molar-refractivity contribution >= 4 is 28.2 Å². The van der Waals surface area contributed by atoms with Gasteiger partial charge in [0.15, 0.2) is 0 Å². The van der Waals surface area contributed by atoms with Crippen LogP contribution in [0.1, 0.15) is 30.2 Å². The van der Waals surface area contributed by atoms with E-state index >= 15 is 0 Å². The number of hydrogen-bond acceptors (Lipinski definition) is 1. The third-order valence-electron chi connectivity index (χ3n) is 5.40. The minimum absolute atomic E-state index is 0.954. The summed E-state index contributed by atoms with van der Waals surface area (Å²) in [5.74, 6) is 0. The summed E-state index contributed by atoms with van der Waals surface area (Å²) in [5.41, 5.74) is 7.82. The van der Waals surface area contributed by atoms with Crippen LogP contribution >= 0.6 is 0 Å². The molecule has 28 heavy (non-hydrogen) atoms. The highest BCUT2D eigenvalue weighted by molar-refractivity contribution is 5.85. The molecule has 1 heterocycles. The van der Waals surface area contributed by atoms with Crippen LogP contribution in [0.4, 0.5) is 0 Å². The van der Waals surface area contributed by atoms with Crippen molar-refractivity contribution in [2.45, 2.75) is 19.9 Å². The van der Waals surface area contributed by atoms with Gasteiger partial charge in [-0.05, 0) is 36.6 Å². The second kappa shape index (κ2) is 7.85. The maximum atomic E-state index is 2.36. The molecule has 0 saturated carbocycles. The van der Waals surface area contributed by atoms with E-state index in [2.05, 4.69) is 115 Å². The molecule has 0 fully saturated rings. The number of para-hydroxylation sites is 1. The molecule has 1 aliphatic carbocycles. The molecule has 4 rings (SSSR count). The van der Waals surface area contributed by atoms with Crippen LogP contribution in [-0.4, -0.2) is 19.0 Å². The summed E-state index contributed by atoms with van der Waals surface area (Å²) in [6, 6.07) is 21.7. The van der Waals surface area contributed by atoms with Crippen molar-refractivity contribution in [2.24, 2.45) is 0 Å². The van der Waals surface area contributed by atoms with Crippen LogP contribution in [0.5, 0.6) is 0 Å². The van der Waals surface area contributed by atoms with Gasteiger partial charge in [-0.2, -0.15) is 4.57 Å². The number of allylic oxidation sites excluding steroid dienone is 4. The highest BCUT2D eigenvalue weighted by Crippen LogP contribution is 2.34. The van der Waals surface area contributed by atoms with E-state index in [4.69, 9.17) is 0 Å². The Hall–Kier alpha value is -3.13. The number of rotatable bonds is 4. The van der Waals surface area contributed by atoms with Gasteiger partial charge < -0.3 is 4.90 Å². The fourth-order valence-electron chi connectivity index (χ4n) is 4.03. The monoisotopic (exact) mass is 367 g/mol. The van der Waals surface area contributed by atoms with Crippen molar-refractivity contribution in [3.63, 3.8) is 0 Å². The molecule has 0 amide bonds. The summed E-state index contributed by atoms with van der Waals surface area (Å²) in [6.07, 6.45) is 9.95. The summed E-state index contributed by atoms with van der Waals surface area (Å²) >= 11 is 0. The summed E-state index contributed by atoms with van der Waals surface area (Å²) in [5, 5.41) is 1.28. The van der Waals surface area contributed by atoms with Crippen LogP contribution in [0.25, 0.3) is 28.2 Å². The lowest BCUT2D eigenvalue weighted by molar-refractivity contribution is -0.669. The first-order valence-corrected chi connectivity index (χ1v) is 9.95. The lowest BCUT2D eigenvalue weighted by atomic mass is 9.89. The van der Waals surface area contributed by atoms with Crippen LogP contribution in [0.15, 0.2) is 78.9 Å². The van der Waals surface area contributed by atoms with E-state index in [1.165, 1.54) is 39.0 Å². The second-order valence-electron chi connectivity index (χ2n) is 7.35. The van der Waals surface area contributed by atoms with Gasteiger partial charge in [0.2, 0.25) is 11.2 Å². The Bertz CT molecular complexity index is 1100. The molecule has 0 spiro atoms. The fraction of sp³-hybridized carbons (Fsp3) is 0.192. The highest BCUT2D eigenvalue weighted by Gasteiger charge is 2.16. The van der Waals surface area contributed by atoms with Crippen LogP contribution in [0, 0.1) is 0 Å². The van der Waals surface area contributed by atoms with Crippen molar-refractivity contribution < 1.29 is 4.57 Å². The van der Waals surface area contributed by atoms with Crippen molar-refractivity contribution in [1.82, 2.24) is 4.90 Å². The van der Waals surface area contributed by atoms with Crippen molar-refractivity contribution in [3.8, 4) is 0 Å². The molecule has 0 N–H and O–H groups in total. The van der Waals surface area contributed by atoms with Crippen molar-refractivity contribution in [3.05, 3.63) is 95.7 Å². The smallest absolute Gasteiger partial charge is 0.212 e. The number of hydrogen-bond donors (Lipinski definition) is 0. The van der Waals surface area contributed by atoms with E-state index in [0.717, 1.165) is 13.0 Å². The van der Waals surface area contributed by atoms with Gasteiger partial charge in [-0.25, -0.2) is 0 Å². The maximum Gasteiger partial charge on any atom is 0.212 e. The third-order valence-corrected chi connectivity index (χ3v) is 5.40. The Labute approximate surface area is 167 Å². The molecule has 2 heteroatoms. The van der Waals surface area contributed by atoms with E-state index in [-0.39, 0.29) is 0 Å². The highest BCUT2D eigenvalue weighted by atomic mass is 15.1. The molecule has 0 aliphatic heterocycles. The van der Waals surface area contributed by atoms with Crippen molar-refractivity contribution in [1.29, 1.82) is 0 Å². The zero-order valence-corrected chi connectivity index (χ0v) is 16.9. The number of fused-ring (bicyclic) bond motifs is 2. The number of pyridine rings is 1. The summed E-state index contributed by atoms with van der Waals surface area (Å²) in [4.78, 5) is 2.20. The second-order valence-corrected chi connectivity index (χ2v) is 7.35. The van der Waals surface area contributed by atoms with Gasteiger partial charge >= 0.3 is 0 Å². The first-order valence-electron chi connectivity index (χ1n) is 9.95. The topological polar surface area (TPSA) is 7.12 Å². The fourth-order valence-corrected chi connectivity index (χ4v) is 4.03. The average Bonchev–Trinajstić information content (AvgIpc) is 2.73. The summed E-state index contributed by atoms with van der Waals surface area (Å²) in [7, 11) is 4.22. The molecule has 0 saturated heterocycles. The predicted octanol–water partition coefficient (Wildman–Crippen LogP) is 5.55. The van der Waals surface area contributed by atoms with E-state index in [1.54, 1.807) is 0 Å². The Kier molecular flexibility index (Phi) is 5.12. The Morgan fingerprint density at radius 1 is 0.929 bits per heavy atom. The molecule has 0 bridgehead atoms. The molecular formula is C26H27N2+. The van der Waals surface area contributed by atoms with Crippen molar-refractivity contribution in [2.75, 3.05) is 14.1 Å². The van der Waals surface area contributed by atoms with E-state index < -0.39 is 0 Å². The largest absolute Gasteiger partial charge is 0.377 e. The molecule has 0 unspecified atom stereocenters. The molecule has 140 valence electrons. The van der Waals surface area contributed by atoms with Gasteiger partial charge in [-0.3, -0.25) is 0 Å². The van der Waals surface area contributed by atoms with E-state index in [1.807, 2.05) is 0 Å². The SMILES string of the molecule is CC[n+]1c(C=CC=C2CC=C(N(C)C)c3ccccc32)ccc2ccccc21. The van der Waals surface area contributed by atoms with Crippen LogP contribution in [-0.2, 0) is 6.54 Å². The molecule has 0 radical (unpaired) electrons. The number of aromatic nitrogens is 1. The van der Waals surface area contributed by atoms with E-state index in [0.29, 0.717) is 0 Å². The molecule has 1 aliphatic rings. The maximum absolute atomic E-state index is 2.36. The summed E-state index contributed by atoms with van der Waals surface area (Å²) < 4.78 is 2.36. The molecule has 2 nitrogen and oxygen atoms in total. The molecule has 0 atom stereocenters. The zero-order valence-electron chi connectivity index (χ0n) is 16.9. The minimum atomic E-state index is 0.954. The van der Waals surface area contributed by atoms with Gasteiger partial charge in [0.05, 0.1) is 0 Å². The van der Waals surface area contributed by atoms with Gasteiger partial charge in [0, 0.05) is 49.0 Å². The normalized spacial score (nSPS) is 15.1. The van der Waals surface area contributed by atoms with Gasteiger partial charge in [0.1, 0.15) is 6.54 Å².